The van der Waals surface area contributed by atoms with E-state index < -0.39 is 4.92 Å². The van der Waals surface area contributed by atoms with Gasteiger partial charge >= 0.3 is 0 Å². The van der Waals surface area contributed by atoms with E-state index in [1.165, 1.54) is 23.9 Å². The van der Waals surface area contributed by atoms with Gasteiger partial charge in [-0.25, -0.2) is 0 Å². The summed E-state index contributed by atoms with van der Waals surface area (Å²) < 4.78 is 0.996. The Kier molecular flexibility index (Phi) is 5.57. The highest BCUT2D eigenvalue weighted by Gasteiger charge is 2.09. The molecule has 7 heteroatoms. The summed E-state index contributed by atoms with van der Waals surface area (Å²) in [5.41, 5.74) is 1.46. The number of hydrogen-bond donors (Lipinski definition) is 1. The monoisotopic (exact) mass is 380 g/mol. The van der Waals surface area contributed by atoms with E-state index in [2.05, 4.69) is 21.2 Å². The summed E-state index contributed by atoms with van der Waals surface area (Å²) in [6.45, 7) is 1.98. The van der Waals surface area contributed by atoms with Gasteiger partial charge in [0.15, 0.2) is 0 Å². The molecule has 2 aromatic rings. The van der Waals surface area contributed by atoms with Crippen LogP contribution in [-0.4, -0.2) is 16.6 Å². The molecular weight excluding hydrogens is 368 g/mol. The van der Waals surface area contributed by atoms with E-state index in [9.17, 15) is 14.9 Å². The maximum absolute atomic E-state index is 11.9. The summed E-state index contributed by atoms with van der Waals surface area (Å²) in [7, 11) is 0. The fourth-order valence-corrected chi connectivity index (χ4v) is 3.10. The lowest BCUT2D eigenvalue weighted by molar-refractivity contribution is -0.384. The van der Waals surface area contributed by atoms with Gasteiger partial charge in [-0.05, 0) is 36.8 Å². The molecule has 1 N–H and O–H groups in total. The minimum atomic E-state index is -0.490. The first-order valence-electron chi connectivity index (χ1n) is 6.39. The van der Waals surface area contributed by atoms with Crippen LogP contribution in [-0.2, 0) is 4.79 Å². The molecule has 0 atom stereocenters. The van der Waals surface area contributed by atoms with Crippen molar-refractivity contribution in [1.82, 2.24) is 0 Å². The number of anilines is 1. The number of rotatable bonds is 5. The van der Waals surface area contributed by atoms with Crippen LogP contribution < -0.4 is 5.32 Å². The first-order valence-corrected chi connectivity index (χ1v) is 8.17. The van der Waals surface area contributed by atoms with E-state index in [0.29, 0.717) is 5.69 Å². The van der Waals surface area contributed by atoms with Crippen LogP contribution in [0.4, 0.5) is 11.4 Å². The predicted octanol–water partition coefficient (Wildman–Crippen LogP) is 4.40. The highest BCUT2D eigenvalue weighted by Crippen LogP contribution is 2.25. The molecule has 0 unspecified atom stereocenters. The van der Waals surface area contributed by atoms with Gasteiger partial charge in [0.05, 0.1) is 10.7 Å². The molecule has 0 aliphatic heterocycles. The zero-order valence-electron chi connectivity index (χ0n) is 11.7. The fourth-order valence-electron chi connectivity index (χ4n) is 1.81. The predicted molar refractivity (Wildman–Crippen MR) is 91.3 cm³/mol. The summed E-state index contributed by atoms with van der Waals surface area (Å²) in [5.74, 6) is 0.0401. The Morgan fingerprint density at radius 3 is 2.77 bits per heavy atom. The smallest absolute Gasteiger partial charge is 0.271 e. The van der Waals surface area contributed by atoms with Crippen LogP contribution in [0.25, 0.3) is 0 Å². The summed E-state index contributed by atoms with van der Waals surface area (Å²) in [4.78, 5) is 23.2. The van der Waals surface area contributed by atoms with Crippen molar-refractivity contribution in [3.8, 4) is 0 Å². The van der Waals surface area contributed by atoms with Gasteiger partial charge in [-0.1, -0.05) is 22.0 Å². The Labute approximate surface area is 140 Å². The number of nitrogens with one attached hydrogen (secondary N) is 1. The molecule has 0 aromatic heterocycles. The van der Waals surface area contributed by atoms with Crippen molar-refractivity contribution < 1.29 is 9.72 Å². The minimum Gasteiger partial charge on any atom is -0.325 e. The summed E-state index contributed by atoms with van der Waals surface area (Å²) in [6.07, 6.45) is 0. The Hall–Kier alpha value is -1.86. The molecule has 0 aliphatic rings. The number of nitrogens with zero attached hydrogens (tertiary/aromatic N) is 1. The lowest BCUT2D eigenvalue weighted by atomic mass is 10.2. The van der Waals surface area contributed by atoms with Crippen molar-refractivity contribution in [2.75, 3.05) is 11.1 Å². The summed E-state index contributed by atoms with van der Waals surface area (Å²) in [5, 5.41) is 13.4. The molecule has 0 heterocycles. The van der Waals surface area contributed by atoms with Crippen molar-refractivity contribution in [3.05, 3.63) is 62.6 Å². The molecule has 1 amide bonds. The number of halogens is 1. The van der Waals surface area contributed by atoms with E-state index in [1.807, 2.05) is 25.1 Å². The van der Waals surface area contributed by atoms with Crippen LogP contribution >= 0.6 is 27.7 Å². The number of carbonyl (C=O) groups is 1. The standard InChI is InChI=1S/C15H13BrN2O3S/c1-10-7-11(16)5-6-14(10)22-9-15(19)17-12-3-2-4-13(8-12)18(20)21/h2-8H,9H2,1H3,(H,17,19). The highest BCUT2D eigenvalue weighted by molar-refractivity contribution is 9.10. The largest absolute Gasteiger partial charge is 0.325 e. The normalized spacial score (nSPS) is 10.3. The quantitative estimate of drug-likeness (QED) is 0.474. The van der Waals surface area contributed by atoms with Gasteiger partial charge in [-0.3, -0.25) is 14.9 Å². The second-order valence-electron chi connectivity index (χ2n) is 4.55. The number of hydrogen-bond acceptors (Lipinski definition) is 4. The first-order chi connectivity index (χ1) is 10.5. The van der Waals surface area contributed by atoms with Crippen molar-refractivity contribution in [2.24, 2.45) is 0 Å². The minimum absolute atomic E-state index is 0.0470. The fraction of sp³-hybridized carbons (Fsp3) is 0.133. The summed E-state index contributed by atoms with van der Waals surface area (Å²) in [6, 6.07) is 11.8. The molecular formula is C15H13BrN2O3S. The van der Waals surface area contributed by atoms with Gasteiger partial charge in [0.25, 0.3) is 5.69 Å². The molecule has 22 heavy (non-hydrogen) atoms. The second-order valence-corrected chi connectivity index (χ2v) is 6.49. The average molecular weight is 381 g/mol. The lowest BCUT2D eigenvalue weighted by Crippen LogP contribution is -2.14. The Morgan fingerprint density at radius 1 is 1.32 bits per heavy atom. The van der Waals surface area contributed by atoms with Gasteiger partial charge in [-0.2, -0.15) is 0 Å². The van der Waals surface area contributed by atoms with Crippen molar-refractivity contribution in [2.45, 2.75) is 11.8 Å². The van der Waals surface area contributed by atoms with Crippen LogP contribution in [0, 0.1) is 17.0 Å². The topological polar surface area (TPSA) is 72.2 Å². The molecule has 0 aliphatic carbocycles. The number of amides is 1. The summed E-state index contributed by atoms with van der Waals surface area (Å²) >= 11 is 4.82. The average Bonchev–Trinajstić information content (AvgIpc) is 2.46. The molecule has 114 valence electrons. The third kappa shape index (κ3) is 4.57. The van der Waals surface area contributed by atoms with Gasteiger partial charge in [0, 0.05) is 27.2 Å². The highest BCUT2D eigenvalue weighted by atomic mass is 79.9. The Bertz CT molecular complexity index is 722. The van der Waals surface area contributed by atoms with E-state index in [4.69, 9.17) is 0 Å². The molecule has 0 saturated carbocycles. The van der Waals surface area contributed by atoms with E-state index >= 15 is 0 Å². The molecule has 2 rings (SSSR count). The molecule has 0 radical (unpaired) electrons. The first kappa shape index (κ1) is 16.5. The van der Waals surface area contributed by atoms with Crippen LogP contribution in [0.15, 0.2) is 51.8 Å². The van der Waals surface area contributed by atoms with Gasteiger partial charge in [0.1, 0.15) is 0 Å². The van der Waals surface area contributed by atoms with Crippen LogP contribution in [0.3, 0.4) is 0 Å². The third-order valence-electron chi connectivity index (χ3n) is 2.84. The number of benzene rings is 2. The van der Waals surface area contributed by atoms with Gasteiger partial charge in [0.2, 0.25) is 5.91 Å². The Morgan fingerprint density at radius 2 is 2.09 bits per heavy atom. The van der Waals surface area contributed by atoms with Crippen LogP contribution in [0.2, 0.25) is 0 Å². The molecule has 0 fully saturated rings. The van der Waals surface area contributed by atoms with Gasteiger partial charge in [-0.15, -0.1) is 11.8 Å². The van der Waals surface area contributed by atoms with Crippen molar-refractivity contribution >= 4 is 45.0 Å². The number of thioether (sulfide) groups is 1. The van der Waals surface area contributed by atoms with E-state index in [1.54, 1.807) is 12.1 Å². The number of nitro groups is 1. The van der Waals surface area contributed by atoms with Crippen molar-refractivity contribution in [3.63, 3.8) is 0 Å². The molecule has 0 spiro atoms. The zero-order chi connectivity index (χ0) is 16.1. The second kappa shape index (κ2) is 7.42. The van der Waals surface area contributed by atoms with Crippen LogP contribution in [0.5, 0.6) is 0 Å². The van der Waals surface area contributed by atoms with E-state index in [0.717, 1.165) is 14.9 Å². The number of aryl methyl sites for hydroxylation is 1. The number of nitro benzene ring substituents is 1. The molecule has 5 nitrogen and oxygen atoms in total. The number of carbonyl (C=O) groups excluding carboxylic acids is 1. The molecule has 2 aromatic carbocycles. The zero-order valence-corrected chi connectivity index (χ0v) is 14.1. The Balaban J connectivity index is 1.95. The third-order valence-corrected chi connectivity index (χ3v) is 4.51. The van der Waals surface area contributed by atoms with Gasteiger partial charge < -0.3 is 5.32 Å². The SMILES string of the molecule is Cc1cc(Br)ccc1SCC(=O)Nc1cccc([N+](=O)[O-])c1. The number of non-ortho nitro benzene ring substituents is 1. The van der Waals surface area contributed by atoms with Crippen LogP contribution in [0.1, 0.15) is 5.56 Å². The molecule has 0 saturated heterocycles. The lowest BCUT2D eigenvalue weighted by Gasteiger charge is -2.07. The maximum Gasteiger partial charge on any atom is 0.271 e. The van der Waals surface area contributed by atoms with E-state index in [-0.39, 0.29) is 17.3 Å². The maximum atomic E-state index is 11.9. The molecule has 0 bridgehead atoms. The van der Waals surface area contributed by atoms with Crippen molar-refractivity contribution in [1.29, 1.82) is 0 Å².